The fourth-order valence-electron chi connectivity index (χ4n) is 3.68. The van der Waals surface area contributed by atoms with Crippen LogP contribution in [0.25, 0.3) is 0 Å². The smallest absolute Gasteiger partial charge is 0.242 e. The van der Waals surface area contributed by atoms with Crippen LogP contribution in [0.4, 0.5) is 0 Å². The summed E-state index contributed by atoms with van der Waals surface area (Å²) in [6, 6.07) is 10.3. The van der Waals surface area contributed by atoms with E-state index < -0.39 is 0 Å². The molecule has 2 aliphatic heterocycles. The number of carbonyl (C=O) groups excluding carboxylic acids is 1. The van der Waals surface area contributed by atoms with E-state index in [0.29, 0.717) is 6.61 Å². The van der Waals surface area contributed by atoms with Gasteiger partial charge in [0.1, 0.15) is 6.04 Å². The Balaban J connectivity index is 0.00000169. The number of rotatable bonds is 3. The van der Waals surface area contributed by atoms with Crippen LogP contribution in [0.5, 0.6) is 0 Å². The molecular formula is C19H31Cl2N3O2. The lowest BCUT2D eigenvalue weighted by molar-refractivity contribution is -0.144. The SMILES string of the molecule is C[C@H]1OCCN[C@@H]1C(=O)N1CCN(Cc2ccccc2)C(C)(C)C1.Cl.Cl. The van der Waals surface area contributed by atoms with E-state index in [1.54, 1.807) is 0 Å². The highest BCUT2D eigenvalue weighted by Gasteiger charge is 2.39. The quantitative estimate of drug-likeness (QED) is 0.840. The van der Waals surface area contributed by atoms with Gasteiger partial charge in [-0.25, -0.2) is 0 Å². The number of nitrogens with zero attached hydrogens (tertiary/aromatic N) is 2. The minimum Gasteiger partial charge on any atom is -0.375 e. The molecule has 0 aromatic heterocycles. The predicted octanol–water partition coefficient (Wildman–Crippen LogP) is 2.33. The van der Waals surface area contributed by atoms with Gasteiger partial charge in [-0.1, -0.05) is 30.3 Å². The number of hydrogen-bond donors (Lipinski definition) is 1. The summed E-state index contributed by atoms with van der Waals surface area (Å²) in [4.78, 5) is 17.4. The lowest BCUT2D eigenvalue weighted by atomic mass is 9.96. The molecular weight excluding hydrogens is 373 g/mol. The molecule has 0 aliphatic carbocycles. The van der Waals surface area contributed by atoms with Crippen LogP contribution in [0.15, 0.2) is 30.3 Å². The zero-order chi connectivity index (χ0) is 17.2. The molecule has 2 saturated heterocycles. The second-order valence-corrected chi connectivity index (χ2v) is 7.49. The molecule has 0 saturated carbocycles. The number of nitrogens with one attached hydrogen (secondary N) is 1. The van der Waals surface area contributed by atoms with Gasteiger partial charge in [0.25, 0.3) is 0 Å². The average Bonchev–Trinajstić information content (AvgIpc) is 2.57. The first-order chi connectivity index (χ1) is 11.5. The van der Waals surface area contributed by atoms with Crippen molar-refractivity contribution >= 4 is 30.7 Å². The van der Waals surface area contributed by atoms with E-state index in [2.05, 4.69) is 48.3 Å². The molecule has 0 radical (unpaired) electrons. The zero-order valence-electron chi connectivity index (χ0n) is 15.8. The van der Waals surface area contributed by atoms with Crippen LogP contribution in [-0.4, -0.2) is 66.2 Å². The van der Waals surface area contributed by atoms with E-state index in [4.69, 9.17) is 4.74 Å². The highest BCUT2D eigenvalue weighted by Crippen LogP contribution is 2.24. The highest BCUT2D eigenvalue weighted by atomic mass is 35.5. The first kappa shape index (κ1) is 23.2. The number of hydrogen-bond acceptors (Lipinski definition) is 4. The highest BCUT2D eigenvalue weighted by molar-refractivity contribution is 5.85. The third kappa shape index (κ3) is 5.33. The number of carbonyl (C=O) groups is 1. The Morgan fingerprint density at radius 3 is 2.54 bits per heavy atom. The maximum Gasteiger partial charge on any atom is 0.242 e. The first-order valence-corrected chi connectivity index (χ1v) is 8.90. The van der Waals surface area contributed by atoms with Crippen molar-refractivity contribution < 1.29 is 9.53 Å². The van der Waals surface area contributed by atoms with Crippen molar-refractivity contribution in [2.45, 2.75) is 45.0 Å². The molecule has 1 N–H and O–H groups in total. The molecule has 7 heteroatoms. The summed E-state index contributed by atoms with van der Waals surface area (Å²) in [6.45, 7) is 11.2. The van der Waals surface area contributed by atoms with Crippen molar-refractivity contribution in [2.75, 3.05) is 32.8 Å². The Labute approximate surface area is 169 Å². The van der Waals surface area contributed by atoms with E-state index in [1.165, 1.54) is 5.56 Å². The number of amides is 1. The largest absolute Gasteiger partial charge is 0.375 e. The second kappa shape index (κ2) is 9.90. The van der Waals surface area contributed by atoms with Crippen LogP contribution >= 0.6 is 24.8 Å². The van der Waals surface area contributed by atoms with Gasteiger partial charge in [-0.3, -0.25) is 9.69 Å². The lowest BCUT2D eigenvalue weighted by Gasteiger charge is -2.48. The number of halogens is 2. The molecule has 1 aromatic rings. The third-order valence-corrected chi connectivity index (χ3v) is 5.18. The third-order valence-electron chi connectivity index (χ3n) is 5.18. The Hall–Kier alpha value is -0.850. The molecule has 3 rings (SSSR count). The van der Waals surface area contributed by atoms with E-state index in [1.807, 2.05) is 17.9 Å². The number of morpholine rings is 1. The molecule has 0 bridgehead atoms. The van der Waals surface area contributed by atoms with Crippen molar-refractivity contribution in [3.05, 3.63) is 35.9 Å². The van der Waals surface area contributed by atoms with Crippen molar-refractivity contribution in [3.8, 4) is 0 Å². The van der Waals surface area contributed by atoms with Crippen molar-refractivity contribution in [2.24, 2.45) is 0 Å². The molecule has 2 atom stereocenters. The average molecular weight is 404 g/mol. The Morgan fingerprint density at radius 1 is 1.23 bits per heavy atom. The van der Waals surface area contributed by atoms with Gasteiger partial charge in [0.05, 0.1) is 12.7 Å². The summed E-state index contributed by atoms with van der Waals surface area (Å²) in [5.41, 5.74) is 1.28. The van der Waals surface area contributed by atoms with Gasteiger partial charge in [0.15, 0.2) is 0 Å². The van der Waals surface area contributed by atoms with Crippen molar-refractivity contribution in [1.29, 1.82) is 0 Å². The minimum absolute atomic E-state index is 0. The van der Waals surface area contributed by atoms with Gasteiger partial charge in [0, 0.05) is 38.3 Å². The van der Waals surface area contributed by atoms with E-state index >= 15 is 0 Å². The minimum atomic E-state index is -0.213. The van der Waals surface area contributed by atoms with Crippen LogP contribution < -0.4 is 5.32 Å². The van der Waals surface area contributed by atoms with Crippen molar-refractivity contribution in [3.63, 3.8) is 0 Å². The summed E-state index contributed by atoms with van der Waals surface area (Å²) < 4.78 is 5.63. The molecule has 148 valence electrons. The number of ether oxygens (including phenoxy) is 1. The lowest BCUT2D eigenvalue weighted by Crippen LogP contribution is -2.64. The molecule has 0 unspecified atom stereocenters. The Morgan fingerprint density at radius 2 is 1.92 bits per heavy atom. The monoisotopic (exact) mass is 403 g/mol. The van der Waals surface area contributed by atoms with Gasteiger partial charge in [0.2, 0.25) is 5.91 Å². The molecule has 2 fully saturated rings. The predicted molar refractivity (Wildman–Crippen MR) is 109 cm³/mol. The van der Waals surface area contributed by atoms with E-state index in [-0.39, 0.29) is 48.4 Å². The number of benzene rings is 1. The molecule has 0 spiro atoms. The van der Waals surface area contributed by atoms with Crippen LogP contribution in [0.1, 0.15) is 26.3 Å². The molecule has 2 aliphatic rings. The van der Waals surface area contributed by atoms with Gasteiger partial charge in [-0.2, -0.15) is 0 Å². The number of piperazine rings is 1. The maximum absolute atomic E-state index is 12.9. The maximum atomic E-state index is 12.9. The van der Waals surface area contributed by atoms with Gasteiger partial charge < -0.3 is 15.0 Å². The summed E-state index contributed by atoms with van der Waals surface area (Å²) >= 11 is 0. The van der Waals surface area contributed by atoms with Gasteiger partial charge >= 0.3 is 0 Å². The summed E-state index contributed by atoms with van der Waals surface area (Å²) in [7, 11) is 0. The van der Waals surface area contributed by atoms with Crippen LogP contribution in [0.3, 0.4) is 0 Å². The molecule has 5 nitrogen and oxygen atoms in total. The zero-order valence-corrected chi connectivity index (χ0v) is 17.4. The topological polar surface area (TPSA) is 44.8 Å². The molecule has 2 heterocycles. The second-order valence-electron chi connectivity index (χ2n) is 7.49. The van der Waals surface area contributed by atoms with Gasteiger partial charge in [-0.15, -0.1) is 24.8 Å². The summed E-state index contributed by atoms with van der Waals surface area (Å²) in [6.07, 6.45) is -0.0586. The van der Waals surface area contributed by atoms with Gasteiger partial charge in [-0.05, 0) is 26.3 Å². The van der Waals surface area contributed by atoms with Crippen molar-refractivity contribution in [1.82, 2.24) is 15.1 Å². The molecule has 26 heavy (non-hydrogen) atoms. The standard InChI is InChI=1S/C19H29N3O2.2ClH/c1-15-17(20-9-12-24-15)18(23)21-10-11-22(19(2,3)14-21)13-16-7-5-4-6-8-16;;/h4-8,15,17,20H,9-14H2,1-3H3;2*1H/t15-,17+;;/m1../s1. The Bertz CT molecular complexity index is 571. The van der Waals surface area contributed by atoms with E-state index in [9.17, 15) is 4.79 Å². The normalized spacial score (nSPS) is 25.7. The Kier molecular flexibility index (Phi) is 8.83. The fraction of sp³-hybridized carbons (Fsp3) is 0.632. The molecule has 1 aromatic carbocycles. The van der Waals surface area contributed by atoms with Crippen LogP contribution in [0.2, 0.25) is 0 Å². The van der Waals surface area contributed by atoms with E-state index in [0.717, 1.165) is 32.7 Å². The first-order valence-electron chi connectivity index (χ1n) is 8.90. The van der Waals surface area contributed by atoms with Crippen LogP contribution in [0, 0.1) is 0 Å². The van der Waals surface area contributed by atoms with Crippen LogP contribution in [-0.2, 0) is 16.1 Å². The summed E-state index contributed by atoms with van der Waals surface area (Å²) in [5, 5.41) is 3.31. The summed E-state index contributed by atoms with van der Waals surface area (Å²) in [5.74, 6) is 0.176. The fourth-order valence-corrected chi connectivity index (χ4v) is 3.68. The molecule has 1 amide bonds.